The first-order valence-corrected chi connectivity index (χ1v) is 8.65. The summed E-state index contributed by atoms with van der Waals surface area (Å²) in [5.41, 5.74) is 2.35. The Morgan fingerprint density at radius 2 is 2.04 bits per heavy atom. The van der Waals surface area contributed by atoms with Crippen molar-refractivity contribution in [2.75, 3.05) is 6.54 Å². The molecule has 126 valence electrons. The Labute approximate surface area is 143 Å². The number of nitrogens with one attached hydrogen (secondary N) is 1. The lowest BCUT2D eigenvalue weighted by Crippen LogP contribution is -2.45. The summed E-state index contributed by atoms with van der Waals surface area (Å²) < 4.78 is 0. The second-order valence-electron chi connectivity index (χ2n) is 6.75. The van der Waals surface area contributed by atoms with E-state index in [1.54, 1.807) is 12.4 Å². The molecule has 1 saturated heterocycles. The number of nitrogens with zero attached hydrogens (tertiary/aromatic N) is 2. The maximum Gasteiger partial charge on any atom is 0.317 e. The fourth-order valence-electron chi connectivity index (χ4n) is 3.72. The van der Waals surface area contributed by atoms with Crippen molar-refractivity contribution >= 4 is 6.03 Å². The number of urea groups is 1. The molecule has 1 N–H and O–H groups in total. The van der Waals surface area contributed by atoms with E-state index in [1.165, 1.54) is 5.56 Å². The number of carbonyl (C=O) groups is 1. The second kappa shape index (κ2) is 7.47. The molecule has 2 unspecified atom stereocenters. The molecule has 0 aliphatic carbocycles. The third-order valence-corrected chi connectivity index (χ3v) is 4.79. The normalized spacial score (nSPS) is 20.4. The Hall–Kier alpha value is -2.36. The lowest BCUT2D eigenvalue weighted by Gasteiger charge is -2.31. The zero-order chi connectivity index (χ0) is 16.9. The monoisotopic (exact) mass is 323 g/mol. The third kappa shape index (κ3) is 3.58. The zero-order valence-corrected chi connectivity index (χ0v) is 14.4. The summed E-state index contributed by atoms with van der Waals surface area (Å²) in [5, 5.41) is 3.04. The molecular formula is C20H25N3O. The molecule has 4 heteroatoms. The van der Waals surface area contributed by atoms with E-state index in [9.17, 15) is 4.79 Å². The molecule has 0 saturated carbocycles. The Morgan fingerprint density at radius 1 is 1.25 bits per heavy atom. The van der Waals surface area contributed by atoms with Gasteiger partial charge in [0.25, 0.3) is 0 Å². The second-order valence-corrected chi connectivity index (χ2v) is 6.75. The molecule has 1 aliphatic heterocycles. The summed E-state index contributed by atoms with van der Waals surface area (Å²) in [6.07, 6.45) is 4.55. The minimum Gasteiger partial charge on any atom is -0.334 e. The van der Waals surface area contributed by atoms with Crippen LogP contribution in [0.15, 0.2) is 54.9 Å². The Bertz CT molecular complexity index is 657. The quantitative estimate of drug-likeness (QED) is 0.930. The van der Waals surface area contributed by atoms with Crippen LogP contribution in [-0.4, -0.2) is 28.5 Å². The van der Waals surface area contributed by atoms with Crippen LogP contribution in [0.1, 0.15) is 37.3 Å². The van der Waals surface area contributed by atoms with Crippen molar-refractivity contribution in [3.63, 3.8) is 0 Å². The first-order valence-electron chi connectivity index (χ1n) is 8.65. The molecule has 24 heavy (non-hydrogen) atoms. The molecule has 4 nitrogen and oxygen atoms in total. The Morgan fingerprint density at radius 3 is 2.71 bits per heavy atom. The standard InChI is InChI=1S/C20H25N3O/c1-15(2)19-18(17-8-4-3-5-9-17)10-12-23(19)20(24)22-14-16-7-6-11-21-13-16/h3-9,11,13,15,18-19H,10,12,14H2,1-2H3,(H,22,24). The zero-order valence-electron chi connectivity index (χ0n) is 14.4. The third-order valence-electron chi connectivity index (χ3n) is 4.79. The van der Waals surface area contributed by atoms with Gasteiger partial charge in [0.15, 0.2) is 0 Å². The molecule has 1 fully saturated rings. The van der Waals surface area contributed by atoms with Crippen LogP contribution >= 0.6 is 0 Å². The van der Waals surface area contributed by atoms with Crippen molar-refractivity contribution in [2.24, 2.45) is 5.92 Å². The van der Waals surface area contributed by atoms with Crippen molar-refractivity contribution in [1.29, 1.82) is 0 Å². The fourth-order valence-corrected chi connectivity index (χ4v) is 3.72. The van der Waals surface area contributed by atoms with E-state index >= 15 is 0 Å². The SMILES string of the molecule is CC(C)C1C(c2ccccc2)CCN1C(=O)NCc1cccnc1. The van der Waals surface area contributed by atoms with Gasteiger partial charge in [-0.05, 0) is 29.5 Å². The summed E-state index contributed by atoms with van der Waals surface area (Å²) in [7, 11) is 0. The van der Waals surface area contributed by atoms with Gasteiger partial charge in [-0.2, -0.15) is 0 Å². The number of amides is 2. The lowest BCUT2D eigenvalue weighted by atomic mass is 9.86. The van der Waals surface area contributed by atoms with E-state index in [1.807, 2.05) is 23.1 Å². The van der Waals surface area contributed by atoms with Gasteiger partial charge in [0.05, 0.1) is 0 Å². The van der Waals surface area contributed by atoms with Crippen molar-refractivity contribution in [2.45, 2.75) is 38.8 Å². The minimum absolute atomic E-state index is 0.0241. The van der Waals surface area contributed by atoms with E-state index in [0.29, 0.717) is 18.4 Å². The van der Waals surface area contributed by atoms with Crippen molar-refractivity contribution < 1.29 is 4.79 Å². The number of likely N-dealkylation sites (tertiary alicyclic amines) is 1. The van der Waals surface area contributed by atoms with Gasteiger partial charge in [-0.25, -0.2) is 4.79 Å². The summed E-state index contributed by atoms with van der Waals surface area (Å²) in [6, 6.07) is 14.7. The number of pyridine rings is 1. The van der Waals surface area contributed by atoms with Crippen LogP contribution in [0.5, 0.6) is 0 Å². The topological polar surface area (TPSA) is 45.2 Å². The van der Waals surface area contributed by atoms with Crippen LogP contribution in [0.4, 0.5) is 4.79 Å². The molecule has 1 aromatic heterocycles. The summed E-state index contributed by atoms with van der Waals surface area (Å²) in [4.78, 5) is 18.8. The largest absolute Gasteiger partial charge is 0.334 e. The molecule has 1 aliphatic rings. The van der Waals surface area contributed by atoms with Crippen molar-refractivity contribution in [3.05, 3.63) is 66.0 Å². The van der Waals surface area contributed by atoms with Gasteiger partial charge in [0.1, 0.15) is 0 Å². The van der Waals surface area contributed by atoms with Gasteiger partial charge >= 0.3 is 6.03 Å². The van der Waals surface area contributed by atoms with E-state index in [-0.39, 0.29) is 12.1 Å². The average molecular weight is 323 g/mol. The number of benzene rings is 1. The summed E-state index contributed by atoms with van der Waals surface area (Å²) in [5.74, 6) is 0.831. The van der Waals surface area contributed by atoms with E-state index in [0.717, 1.165) is 18.5 Å². The summed E-state index contributed by atoms with van der Waals surface area (Å²) >= 11 is 0. The first-order chi connectivity index (χ1) is 11.7. The van der Waals surface area contributed by atoms with Crippen LogP contribution in [0, 0.1) is 5.92 Å². The van der Waals surface area contributed by atoms with Crippen molar-refractivity contribution in [1.82, 2.24) is 15.2 Å². The molecule has 3 rings (SSSR count). The Kier molecular flexibility index (Phi) is 5.14. The van der Waals surface area contributed by atoms with E-state index in [4.69, 9.17) is 0 Å². The molecule has 0 bridgehead atoms. The van der Waals surface area contributed by atoms with Gasteiger partial charge in [0.2, 0.25) is 0 Å². The van der Waals surface area contributed by atoms with Gasteiger partial charge < -0.3 is 10.2 Å². The average Bonchev–Trinajstić information content (AvgIpc) is 3.07. The molecule has 0 radical (unpaired) electrons. The maximum atomic E-state index is 12.7. The van der Waals surface area contributed by atoms with Crippen LogP contribution in [0.3, 0.4) is 0 Å². The fraction of sp³-hybridized carbons (Fsp3) is 0.400. The highest BCUT2D eigenvalue weighted by molar-refractivity contribution is 5.75. The highest BCUT2D eigenvalue weighted by Gasteiger charge is 2.39. The van der Waals surface area contributed by atoms with Crippen LogP contribution < -0.4 is 5.32 Å². The number of hydrogen-bond donors (Lipinski definition) is 1. The van der Waals surface area contributed by atoms with Crippen molar-refractivity contribution in [3.8, 4) is 0 Å². The highest BCUT2D eigenvalue weighted by atomic mass is 16.2. The van der Waals surface area contributed by atoms with E-state index in [2.05, 4.69) is 48.4 Å². The number of rotatable bonds is 4. The molecule has 0 spiro atoms. The molecule has 1 aromatic carbocycles. The molecule has 2 atom stereocenters. The van der Waals surface area contributed by atoms with Gasteiger partial charge in [-0.1, -0.05) is 50.2 Å². The molecule has 2 heterocycles. The summed E-state index contributed by atoms with van der Waals surface area (Å²) in [6.45, 7) is 5.73. The van der Waals surface area contributed by atoms with Gasteiger partial charge in [0, 0.05) is 37.4 Å². The van der Waals surface area contributed by atoms with Gasteiger partial charge in [-0.15, -0.1) is 0 Å². The minimum atomic E-state index is 0.0241. The van der Waals surface area contributed by atoms with Crippen LogP contribution in [0.25, 0.3) is 0 Å². The molecule has 2 amide bonds. The van der Waals surface area contributed by atoms with Crippen LogP contribution in [-0.2, 0) is 6.54 Å². The highest BCUT2D eigenvalue weighted by Crippen LogP contribution is 2.37. The lowest BCUT2D eigenvalue weighted by molar-refractivity contribution is 0.174. The maximum absolute atomic E-state index is 12.7. The first kappa shape index (κ1) is 16.5. The predicted octanol–water partition coefficient (Wildman–Crippen LogP) is 3.81. The Balaban J connectivity index is 1.69. The predicted molar refractivity (Wildman–Crippen MR) is 95.6 cm³/mol. The number of carbonyl (C=O) groups excluding carboxylic acids is 1. The van der Waals surface area contributed by atoms with Crippen LogP contribution in [0.2, 0.25) is 0 Å². The molecular weight excluding hydrogens is 298 g/mol. The smallest absolute Gasteiger partial charge is 0.317 e. The molecule has 2 aromatic rings. The number of hydrogen-bond acceptors (Lipinski definition) is 2. The van der Waals surface area contributed by atoms with E-state index < -0.39 is 0 Å². The number of aromatic nitrogens is 1. The van der Waals surface area contributed by atoms with Gasteiger partial charge in [-0.3, -0.25) is 4.98 Å².